The predicted octanol–water partition coefficient (Wildman–Crippen LogP) is 5.91. The highest BCUT2D eigenvalue weighted by Crippen LogP contribution is 1.96. The average molecular weight is 222 g/mol. The summed E-state index contributed by atoms with van der Waals surface area (Å²) in [5.41, 5.74) is 3.17. The fraction of sp³-hybridized carbons (Fsp3) is 0.688. The number of hydrogen-bond acceptors (Lipinski definition) is 0. The molecule has 0 aliphatic carbocycles. The van der Waals surface area contributed by atoms with E-state index in [1.54, 1.807) is 0 Å². The van der Waals surface area contributed by atoms with Gasteiger partial charge >= 0.3 is 0 Å². The van der Waals surface area contributed by atoms with Crippen LogP contribution in [0.2, 0.25) is 0 Å². The van der Waals surface area contributed by atoms with Crippen molar-refractivity contribution in [3.63, 3.8) is 0 Å². The minimum Gasteiger partial charge on any atom is -0.130 e. The van der Waals surface area contributed by atoms with Crippen LogP contribution < -0.4 is 0 Å². The lowest BCUT2D eigenvalue weighted by atomic mass is 10.1. The molecule has 0 spiro atoms. The quantitative estimate of drug-likeness (QED) is 0.285. The van der Waals surface area contributed by atoms with Crippen molar-refractivity contribution in [2.24, 2.45) is 5.92 Å². The Bertz CT molecular complexity index is 180. The monoisotopic (exact) mass is 222 g/mol. The normalized spacial score (nSPS) is 8.81. The molecule has 0 aromatic heterocycles. The van der Waals surface area contributed by atoms with E-state index in [1.165, 1.54) is 32.1 Å². The molecule has 0 bridgehead atoms. The van der Waals surface area contributed by atoms with Crippen molar-refractivity contribution in [1.29, 1.82) is 0 Å². The first-order valence-electron chi connectivity index (χ1n) is 6.69. The summed E-state index contributed by atoms with van der Waals surface area (Å²) >= 11 is 0. The van der Waals surface area contributed by atoms with Crippen LogP contribution in [0.3, 0.4) is 0 Å². The molecule has 0 radical (unpaired) electrons. The van der Waals surface area contributed by atoms with E-state index in [-0.39, 0.29) is 0 Å². The van der Waals surface area contributed by atoms with E-state index < -0.39 is 0 Å². The van der Waals surface area contributed by atoms with E-state index >= 15 is 0 Å². The lowest BCUT2D eigenvalue weighted by Gasteiger charge is -1.92. The first-order valence-corrected chi connectivity index (χ1v) is 6.69. The van der Waals surface area contributed by atoms with Crippen molar-refractivity contribution in [3.05, 3.63) is 30.5 Å². The molecule has 0 heteroatoms. The van der Waals surface area contributed by atoms with Crippen molar-refractivity contribution in [2.75, 3.05) is 0 Å². The van der Waals surface area contributed by atoms with Crippen molar-refractivity contribution >= 4 is 0 Å². The topological polar surface area (TPSA) is 0 Å². The second kappa shape index (κ2) is 16.7. The van der Waals surface area contributed by atoms with E-state index in [9.17, 15) is 0 Å². The van der Waals surface area contributed by atoms with Crippen LogP contribution in [-0.2, 0) is 0 Å². The van der Waals surface area contributed by atoms with E-state index in [0.29, 0.717) is 0 Å². The lowest BCUT2D eigenvalue weighted by Crippen LogP contribution is -1.78. The summed E-state index contributed by atoms with van der Waals surface area (Å²) in [7, 11) is 0. The maximum absolute atomic E-state index is 3.60. The van der Waals surface area contributed by atoms with Gasteiger partial charge in [-0.05, 0) is 43.8 Å². The van der Waals surface area contributed by atoms with Gasteiger partial charge in [-0.25, -0.2) is 0 Å². The average Bonchev–Trinajstić information content (AvgIpc) is 2.24. The van der Waals surface area contributed by atoms with Crippen molar-refractivity contribution in [2.45, 2.75) is 66.2 Å². The summed E-state index contributed by atoms with van der Waals surface area (Å²) in [5, 5.41) is 0. The van der Waals surface area contributed by atoms with Crippen LogP contribution in [0, 0.1) is 5.92 Å². The Balaban J connectivity index is 0. The van der Waals surface area contributed by atoms with Gasteiger partial charge in [-0.15, -0.1) is 12.3 Å². The fourth-order valence-electron chi connectivity index (χ4n) is 1.03. The zero-order chi connectivity index (χ0) is 12.6. The zero-order valence-corrected chi connectivity index (χ0v) is 11.8. The summed E-state index contributed by atoms with van der Waals surface area (Å²) in [5.74, 6) is 0.780. The van der Waals surface area contributed by atoms with Gasteiger partial charge in [0.25, 0.3) is 0 Å². The molecule has 0 rings (SSSR count). The second-order valence-electron chi connectivity index (χ2n) is 4.42. The van der Waals surface area contributed by atoms with Gasteiger partial charge in [-0.3, -0.25) is 0 Å². The summed E-state index contributed by atoms with van der Waals surface area (Å²) in [4.78, 5) is 0. The lowest BCUT2D eigenvalue weighted by molar-refractivity contribution is 0.664. The molecule has 0 aromatic carbocycles. The Morgan fingerprint density at radius 3 is 2.06 bits per heavy atom. The molecular weight excluding hydrogens is 192 g/mol. The van der Waals surface area contributed by atoms with Crippen molar-refractivity contribution in [1.82, 2.24) is 0 Å². The number of allylic oxidation sites excluding steroid dienone is 2. The molecule has 94 valence electrons. The van der Waals surface area contributed by atoms with Crippen LogP contribution in [-0.4, -0.2) is 0 Å². The van der Waals surface area contributed by atoms with E-state index in [2.05, 4.69) is 52.2 Å². The van der Waals surface area contributed by atoms with Gasteiger partial charge in [0.05, 0.1) is 0 Å². The Hall–Kier alpha value is -0.740. The SMILES string of the molecule is C=CCC(C)C.CCCC=C=CCCCC. The third-order valence-corrected chi connectivity index (χ3v) is 2.01. The zero-order valence-electron chi connectivity index (χ0n) is 11.8. The van der Waals surface area contributed by atoms with Crippen LogP contribution in [0.15, 0.2) is 30.5 Å². The molecule has 16 heavy (non-hydrogen) atoms. The molecule has 0 amide bonds. The largest absolute Gasteiger partial charge is 0.130 e. The van der Waals surface area contributed by atoms with Crippen molar-refractivity contribution in [3.8, 4) is 0 Å². The Morgan fingerprint density at radius 2 is 1.69 bits per heavy atom. The van der Waals surface area contributed by atoms with Crippen LogP contribution in [0.4, 0.5) is 0 Å². The van der Waals surface area contributed by atoms with Crippen LogP contribution in [0.1, 0.15) is 66.2 Å². The Labute approximate surface area is 103 Å². The highest BCUT2D eigenvalue weighted by Gasteiger charge is 1.82. The van der Waals surface area contributed by atoms with Gasteiger partial charge in [0.2, 0.25) is 0 Å². The molecule has 0 heterocycles. The molecule has 0 unspecified atom stereocenters. The van der Waals surface area contributed by atoms with Crippen LogP contribution >= 0.6 is 0 Å². The number of rotatable bonds is 7. The van der Waals surface area contributed by atoms with Gasteiger partial charge < -0.3 is 0 Å². The first kappa shape index (κ1) is 17.6. The van der Waals surface area contributed by atoms with Crippen LogP contribution in [0.5, 0.6) is 0 Å². The highest BCUT2D eigenvalue weighted by molar-refractivity contribution is 4.84. The maximum Gasteiger partial charge on any atom is -0.0275 e. The Kier molecular flexibility index (Phi) is 18.4. The summed E-state index contributed by atoms with van der Waals surface area (Å²) < 4.78 is 0. The molecule has 0 nitrogen and oxygen atoms in total. The molecule has 0 saturated heterocycles. The molecule has 0 aliphatic heterocycles. The molecule has 0 aliphatic rings. The summed E-state index contributed by atoms with van der Waals surface area (Å²) in [6, 6.07) is 0. The Morgan fingerprint density at radius 1 is 1.06 bits per heavy atom. The predicted molar refractivity (Wildman–Crippen MR) is 76.7 cm³/mol. The summed E-state index contributed by atoms with van der Waals surface area (Å²) in [6.07, 6.45) is 13.5. The third-order valence-electron chi connectivity index (χ3n) is 2.01. The molecular formula is C16H30. The minimum atomic E-state index is 0.780. The van der Waals surface area contributed by atoms with Crippen LogP contribution in [0.25, 0.3) is 0 Å². The molecule has 0 aromatic rings. The van der Waals surface area contributed by atoms with Gasteiger partial charge in [0.1, 0.15) is 0 Å². The van der Waals surface area contributed by atoms with Gasteiger partial charge in [0.15, 0.2) is 0 Å². The third kappa shape index (κ3) is 23.2. The number of unbranched alkanes of at least 4 members (excludes halogenated alkanes) is 3. The van der Waals surface area contributed by atoms with Gasteiger partial charge in [-0.1, -0.05) is 46.6 Å². The maximum atomic E-state index is 3.60. The fourth-order valence-corrected chi connectivity index (χ4v) is 1.03. The molecule has 0 atom stereocenters. The second-order valence-corrected chi connectivity index (χ2v) is 4.42. The van der Waals surface area contributed by atoms with E-state index in [4.69, 9.17) is 0 Å². The van der Waals surface area contributed by atoms with Crippen molar-refractivity contribution < 1.29 is 0 Å². The smallest absolute Gasteiger partial charge is 0.0275 e. The van der Waals surface area contributed by atoms with E-state index in [0.717, 1.165) is 12.3 Å². The van der Waals surface area contributed by atoms with Gasteiger partial charge in [0, 0.05) is 0 Å². The molecule has 0 saturated carbocycles. The number of hydrogen-bond donors (Lipinski definition) is 0. The summed E-state index contributed by atoms with van der Waals surface area (Å²) in [6.45, 7) is 12.4. The highest BCUT2D eigenvalue weighted by atomic mass is 13.9. The minimum absolute atomic E-state index is 0.780. The molecule has 0 fully saturated rings. The van der Waals surface area contributed by atoms with E-state index in [1.807, 2.05) is 6.08 Å². The standard InChI is InChI=1S/C10H18.C6H12/c1-3-5-7-9-10-8-6-4-2;1-4-5-6(2)3/h7,10H,3-6,8H2,1-2H3;4,6H,1,5H2,2-3H3. The molecule has 0 N–H and O–H groups in total. The first-order chi connectivity index (χ1) is 7.68. The van der Waals surface area contributed by atoms with Gasteiger partial charge in [-0.2, -0.15) is 0 Å².